The molecule has 0 aliphatic carbocycles. The van der Waals surface area contributed by atoms with Crippen LogP contribution in [0.3, 0.4) is 0 Å². The van der Waals surface area contributed by atoms with Gasteiger partial charge in [0.05, 0.1) is 17.6 Å². The second-order valence-corrected chi connectivity index (χ2v) is 7.48. The van der Waals surface area contributed by atoms with Crippen LogP contribution in [0.25, 0.3) is 0 Å². The Balaban J connectivity index is 0.00000264. The summed E-state index contributed by atoms with van der Waals surface area (Å²) in [5.41, 5.74) is 6.53. The van der Waals surface area contributed by atoms with Gasteiger partial charge >= 0.3 is 5.97 Å². The molecule has 0 amide bonds. The molecule has 130 valence electrons. The van der Waals surface area contributed by atoms with Crippen molar-refractivity contribution in [1.82, 2.24) is 4.31 Å². The van der Waals surface area contributed by atoms with E-state index in [-0.39, 0.29) is 22.9 Å². The van der Waals surface area contributed by atoms with Crippen molar-refractivity contribution in [2.75, 3.05) is 26.7 Å². The average molecular weight is 363 g/mol. The Hall–Kier alpha value is -1.15. The number of sulfonamides is 1. The zero-order valence-corrected chi connectivity index (χ0v) is 15.0. The van der Waals surface area contributed by atoms with E-state index in [2.05, 4.69) is 0 Å². The number of carbonyl (C=O) groups is 1. The molecule has 1 fully saturated rings. The maximum Gasteiger partial charge on any atom is 0.339 e. The van der Waals surface area contributed by atoms with Crippen molar-refractivity contribution in [1.29, 1.82) is 0 Å². The normalized spacial score (nSPS) is 16.7. The molecule has 2 rings (SSSR count). The van der Waals surface area contributed by atoms with Gasteiger partial charge in [0.2, 0.25) is 10.0 Å². The molecule has 0 aromatic heterocycles. The molecule has 1 aromatic rings. The number of aryl methyl sites for hydroxylation is 1. The minimum Gasteiger partial charge on any atom is -0.465 e. The first-order valence-corrected chi connectivity index (χ1v) is 8.73. The number of hydrogen-bond acceptors (Lipinski definition) is 5. The summed E-state index contributed by atoms with van der Waals surface area (Å²) in [4.78, 5) is 11.9. The number of methoxy groups -OCH3 is 1. The van der Waals surface area contributed by atoms with Gasteiger partial charge in [-0.05, 0) is 44.4 Å². The van der Waals surface area contributed by atoms with Crippen LogP contribution in [0.2, 0.25) is 0 Å². The lowest BCUT2D eigenvalue weighted by atomic mass is 9.99. The minimum absolute atomic E-state index is 0. The molecule has 1 aliphatic rings. The van der Waals surface area contributed by atoms with Crippen LogP contribution in [0.5, 0.6) is 0 Å². The molecule has 1 heterocycles. The van der Waals surface area contributed by atoms with Gasteiger partial charge in [-0.15, -0.1) is 12.4 Å². The molecule has 0 atom stereocenters. The highest BCUT2D eigenvalue weighted by Crippen LogP contribution is 2.26. The van der Waals surface area contributed by atoms with E-state index in [1.54, 1.807) is 19.1 Å². The van der Waals surface area contributed by atoms with E-state index in [0.29, 0.717) is 25.6 Å². The summed E-state index contributed by atoms with van der Waals surface area (Å²) in [6.45, 7) is 3.23. The highest BCUT2D eigenvalue weighted by molar-refractivity contribution is 7.89. The largest absolute Gasteiger partial charge is 0.465 e. The Bertz CT molecular complexity index is 655. The molecule has 1 aromatic carbocycles. The molecule has 1 aliphatic heterocycles. The summed E-state index contributed by atoms with van der Waals surface area (Å²) >= 11 is 0. The molecule has 23 heavy (non-hydrogen) atoms. The van der Waals surface area contributed by atoms with E-state index in [9.17, 15) is 13.2 Å². The van der Waals surface area contributed by atoms with Gasteiger partial charge in [0.15, 0.2) is 0 Å². The number of carbonyl (C=O) groups excluding carboxylic acids is 1. The Labute approximate surface area is 143 Å². The number of piperidine rings is 1. The molecular formula is C15H23ClN2O4S. The average Bonchev–Trinajstić information content (AvgIpc) is 2.53. The second-order valence-electron chi connectivity index (χ2n) is 5.57. The third kappa shape index (κ3) is 4.23. The molecule has 6 nitrogen and oxygen atoms in total. The Kier molecular flexibility index (Phi) is 7.01. The lowest BCUT2D eigenvalue weighted by Crippen LogP contribution is -2.40. The van der Waals surface area contributed by atoms with Crippen LogP contribution in [0, 0.1) is 12.8 Å². The van der Waals surface area contributed by atoms with Crippen molar-refractivity contribution in [3.05, 3.63) is 29.3 Å². The van der Waals surface area contributed by atoms with Crippen molar-refractivity contribution in [3.8, 4) is 0 Å². The monoisotopic (exact) mass is 362 g/mol. The van der Waals surface area contributed by atoms with E-state index in [1.807, 2.05) is 0 Å². The maximum atomic E-state index is 12.8. The van der Waals surface area contributed by atoms with Crippen LogP contribution in [0.15, 0.2) is 23.1 Å². The molecule has 0 unspecified atom stereocenters. The van der Waals surface area contributed by atoms with Gasteiger partial charge in [0.1, 0.15) is 0 Å². The van der Waals surface area contributed by atoms with Gasteiger partial charge in [-0.25, -0.2) is 13.2 Å². The minimum atomic E-state index is -3.70. The molecule has 0 radical (unpaired) electrons. The van der Waals surface area contributed by atoms with Crippen molar-refractivity contribution in [2.45, 2.75) is 24.7 Å². The number of halogens is 1. The molecule has 2 N–H and O–H groups in total. The van der Waals surface area contributed by atoms with Crippen molar-refractivity contribution >= 4 is 28.4 Å². The van der Waals surface area contributed by atoms with Crippen LogP contribution in [-0.4, -0.2) is 45.4 Å². The first-order chi connectivity index (χ1) is 10.4. The van der Waals surface area contributed by atoms with E-state index >= 15 is 0 Å². The molecule has 1 saturated heterocycles. The second kappa shape index (κ2) is 8.10. The Morgan fingerprint density at radius 2 is 1.96 bits per heavy atom. The number of nitrogens with zero attached hydrogens (tertiary/aromatic N) is 1. The summed E-state index contributed by atoms with van der Waals surface area (Å²) in [6.07, 6.45) is 1.49. The van der Waals surface area contributed by atoms with Gasteiger partial charge in [-0.2, -0.15) is 4.31 Å². The topological polar surface area (TPSA) is 89.7 Å². The first kappa shape index (κ1) is 19.9. The summed E-state index contributed by atoms with van der Waals surface area (Å²) in [5.74, 6) is -0.274. The van der Waals surface area contributed by atoms with Gasteiger partial charge < -0.3 is 10.5 Å². The predicted molar refractivity (Wildman–Crippen MR) is 90.3 cm³/mol. The third-order valence-corrected chi connectivity index (χ3v) is 6.02. The van der Waals surface area contributed by atoms with Crippen molar-refractivity contribution in [2.24, 2.45) is 11.7 Å². The third-order valence-electron chi connectivity index (χ3n) is 4.07. The zero-order valence-electron chi connectivity index (χ0n) is 13.3. The van der Waals surface area contributed by atoms with Gasteiger partial charge in [-0.1, -0.05) is 11.6 Å². The summed E-state index contributed by atoms with van der Waals surface area (Å²) in [6, 6.07) is 4.71. The van der Waals surface area contributed by atoms with Crippen molar-refractivity contribution in [3.63, 3.8) is 0 Å². The standard InChI is InChI=1S/C15H22N2O4S.ClH/c1-11-3-4-14(13(9-11)15(18)21-2)22(19,20)17-7-5-12(10-16)6-8-17;/h3-4,9,12H,5-8,10,16H2,1-2H3;1H. The summed E-state index contributed by atoms with van der Waals surface area (Å²) in [7, 11) is -2.46. The number of benzene rings is 1. The smallest absolute Gasteiger partial charge is 0.339 e. The van der Waals surface area contributed by atoms with Gasteiger partial charge in [0, 0.05) is 13.1 Å². The van der Waals surface area contributed by atoms with Crippen LogP contribution in [-0.2, 0) is 14.8 Å². The quantitative estimate of drug-likeness (QED) is 0.821. The fourth-order valence-electron chi connectivity index (χ4n) is 2.66. The Morgan fingerprint density at radius 1 is 1.35 bits per heavy atom. The molecule has 0 spiro atoms. The number of esters is 1. The lowest BCUT2D eigenvalue weighted by Gasteiger charge is -2.31. The molecular weight excluding hydrogens is 340 g/mol. The number of ether oxygens (including phenoxy) is 1. The Morgan fingerprint density at radius 3 is 2.48 bits per heavy atom. The van der Waals surface area contributed by atoms with Crippen LogP contribution < -0.4 is 5.73 Å². The van der Waals surface area contributed by atoms with E-state index in [1.165, 1.54) is 17.5 Å². The van der Waals surface area contributed by atoms with E-state index in [4.69, 9.17) is 10.5 Å². The highest BCUT2D eigenvalue weighted by atomic mass is 35.5. The fourth-order valence-corrected chi connectivity index (χ4v) is 4.29. The molecule has 0 bridgehead atoms. The van der Waals surface area contributed by atoms with Gasteiger partial charge in [-0.3, -0.25) is 0 Å². The van der Waals surface area contributed by atoms with Crippen LogP contribution in [0.4, 0.5) is 0 Å². The van der Waals surface area contributed by atoms with Crippen molar-refractivity contribution < 1.29 is 17.9 Å². The first-order valence-electron chi connectivity index (χ1n) is 7.29. The number of nitrogens with two attached hydrogens (primary N) is 1. The number of hydrogen-bond donors (Lipinski definition) is 1. The molecule has 8 heteroatoms. The van der Waals surface area contributed by atoms with E-state index < -0.39 is 16.0 Å². The van der Waals surface area contributed by atoms with Crippen LogP contribution in [0.1, 0.15) is 28.8 Å². The summed E-state index contributed by atoms with van der Waals surface area (Å²) < 4.78 is 31.8. The zero-order chi connectivity index (χ0) is 16.3. The fraction of sp³-hybridized carbons (Fsp3) is 0.533. The van der Waals surface area contributed by atoms with E-state index in [0.717, 1.165) is 18.4 Å². The highest BCUT2D eigenvalue weighted by Gasteiger charge is 2.32. The lowest BCUT2D eigenvalue weighted by molar-refractivity contribution is 0.0596. The molecule has 0 saturated carbocycles. The van der Waals surface area contributed by atoms with Gasteiger partial charge in [0.25, 0.3) is 0 Å². The SMILES string of the molecule is COC(=O)c1cc(C)ccc1S(=O)(=O)N1CCC(CN)CC1.Cl. The number of rotatable bonds is 4. The maximum absolute atomic E-state index is 12.8. The summed E-state index contributed by atoms with van der Waals surface area (Å²) in [5, 5.41) is 0. The van der Waals surface area contributed by atoms with Crippen LogP contribution >= 0.6 is 12.4 Å². The predicted octanol–water partition coefficient (Wildman–Crippen LogP) is 1.56.